The predicted octanol–water partition coefficient (Wildman–Crippen LogP) is 4.35. The Morgan fingerprint density at radius 2 is 2.03 bits per heavy atom. The lowest BCUT2D eigenvalue weighted by Gasteiger charge is -2.15. The number of aryl methyl sites for hydroxylation is 2. The Hall–Kier alpha value is -1.96. The van der Waals surface area contributed by atoms with E-state index in [4.69, 9.17) is 9.72 Å². The summed E-state index contributed by atoms with van der Waals surface area (Å²) in [5.74, 6) is 0.0358. The van der Waals surface area contributed by atoms with E-state index in [1.54, 1.807) is 23.0 Å². The summed E-state index contributed by atoms with van der Waals surface area (Å²) in [4.78, 5) is 33.2. The maximum absolute atomic E-state index is 13.4. The Balaban J connectivity index is 1.74. The largest absolute Gasteiger partial charge is 0.383 e. The van der Waals surface area contributed by atoms with Gasteiger partial charge in [-0.15, -0.1) is 11.3 Å². The first-order valence-corrected chi connectivity index (χ1v) is 11.6. The zero-order chi connectivity index (χ0) is 20.4. The van der Waals surface area contributed by atoms with Crippen LogP contribution >= 0.6 is 23.1 Å². The van der Waals surface area contributed by atoms with E-state index in [0.29, 0.717) is 23.9 Å². The van der Waals surface area contributed by atoms with Crippen LogP contribution in [0.3, 0.4) is 0 Å². The number of hydrogen-bond acceptors (Lipinski definition) is 6. The summed E-state index contributed by atoms with van der Waals surface area (Å²) >= 11 is 2.99. The highest BCUT2D eigenvalue weighted by molar-refractivity contribution is 8.00. The summed E-state index contributed by atoms with van der Waals surface area (Å²) in [7, 11) is 1.62. The first-order valence-electron chi connectivity index (χ1n) is 9.90. The van der Waals surface area contributed by atoms with E-state index in [0.717, 1.165) is 29.5 Å². The molecule has 1 aliphatic rings. The van der Waals surface area contributed by atoms with E-state index in [1.807, 2.05) is 37.3 Å². The number of ether oxygens (including phenoxy) is 1. The fourth-order valence-electron chi connectivity index (χ4n) is 3.74. The number of carbonyl (C=O) groups excluding carboxylic acids is 1. The third-order valence-corrected chi connectivity index (χ3v) is 7.54. The quantitative estimate of drug-likeness (QED) is 0.318. The Kier molecular flexibility index (Phi) is 6.18. The van der Waals surface area contributed by atoms with Crippen LogP contribution in [0.15, 0.2) is 40.3 Å². The minimum atomic E-state index is -0.342. The maximum Gasteiger partial charge on any atom is 0.263 e. The first-order chi connectivity index (χ1) is 14.1. The number of carbonyl (C=O) groups is 1. The number of ketones is 1. The zero-order valence-electron chi connectivity index (χ0n) is 16.6. The van der Waals surface area contributed by atoms with Gasteiger partial charge in [0.1, 0.15) is 4.83 Å². The molecule has 4 rings (SSSR count). The van der Waals surface area contributed by atoms with Crippen LogP contribution in [0, 0.1) is 0 Å². The molecular formula is C22H24N2O3S2. The van der Waals surface area contributed by atoms with Gasteiger partial charge in [-0.1, -0.05) is 42.1 Å². The normalized spacial score (nSPS) is 14.7. The van der Waals surface area contributed by atoms with Gasteiger partial charge in [-0.05, 0) is 38.2 Å². The van der Waals surface area contributed by atoms with Crippen molar-refractivity contribution in [3.8, 4) is 0 Å². The zero-order valence-corrected chi connectivity index (χ0v) is 18.3. The number of methoxy groups -OCH3 is 1. The summed E-state index contributed by atoms with van der Waals surface area (Å²) < 4.78 is 6.91. The van der Waals surface area contributed by atoms with Crippen molar-refractivity contribution in [1.29, 1.82) is 0 Å². The molecule has 0 bridgehead atoms. The van der Waals surface area contributed by atoms with Gasteiger partial charge in [-0.3, -0.25) is 14.2 Å². The molecule has 0 fully saturated rings. The highest BCUT2D eigenvalue weighted by Crippen LogP contribution is 2.35. The van der Waals surface area contributed by atoms with Crippen LogP contribution in [0.4, 0.5) is 0 Å². The second-order valence-electron chi connectivity index (χ2n) is 7.23. The number of benzene rings is 1. The van der Waals surface area contributed by atoms with Crippen molar-refractivity contribution in [1.82, 2.24) is 9.55 Å². The Morgan fingerprint density at radius 3 is 2.79 bits per heavy atom. The fraction of sp³-hybridized carbons (Fsp3) is 0.409. The second kappa shape index (κ2) is 8.81. The smallest absolute Gasteiger partial charge is 0.263 e. The van der Waals surface area contributed by atoms with Crippen molar-refractivity contribution >= 4 is 39.1 Å². The van der Waals surface area contributed by atoms with Crippen molar-refractivity contribution in [2.45, 2.75) is 49.6 Å². The summed E-state index contributed by atoms with van der Waals surface area (Å²) in [6.45, 7) is 2.72. The van der Waals surface area contributed by atoms with Crippen LogP contribution in [0.25, 0.3) is 10.2 Å². The van der Waals surface area contributed by atoms with Gasteiger partial charge in [0.2, 0.25) is 0 Å². The van der Waals surface area contributed by atoms with Gasteiger partial charge in [-0.2, -0.15) is 0 Å². The number of thiophene rings is 1. The van der Waals surface area contributed by atoms with Crippen LogP contribution in [0.1, 0.15) is 40.6 Å². The molecule has 1 unspecified atom stereocenters. The van der Waals surface area contributed by atoms with Crippen molar-refractivity contribution in [3.05, 3.63) is 56.7 Å². The SMILES string of the molecule is COCCn1c(SC(C)C(=O)c2ccccc2)nc2sc3c(c2c1=O)CCCC3. The molecule has 1 aromatic carbocycles. The van der Waals surface area contributed by atoms with E-state index in [9.17, 15) is 9.59 Å². The molecule has 152 valence electrons. The third kappa shape index (κ3) is 4.04. The minimum Gasteiger partial charge on any atom is -0.383 e. The van der Waals surface area contributed by atoms with E-state index in [2.05, 4.69) is 0 Å². The Morgan fingerprint density at radius 1 is 1.28 bits per heavy atom. The number of nitrogens with zero attached hydrogens (tertiary/aromatic N) is 2. The monoisotopic (exact) mass is 428 g/mol. The predicted molar refractivity (Wildman–Crippen MR) is 118 cm³/mol. The van der Waals surface area contributed by atoms with Crippen molar-refractivity contribution in [2.24, 2.45) is 0 Å². The standard InChI is InChI=1S/C22H24N2O3S2/c1-14(19(25)15-8-4-3-5-9-15)28-22-23-20-18(21(26)24(22)12-13-27-2)16-10-6-7-11-17(16)29-20/h3-5,8-9,14H,6-7,10-13H2,1-2H3. The lowest BCUT2D eigenvalue weighted by molar-refractivity contribution is 0.0994. The van der Waals surface area contributed by atoms with Gasteiger partial charge < -0.3 is 4.74 Å². The number of aromatic nitrogens is 2. The van der Waals surface area contributed by atoms with Gasteiger partial charge in [0, 0.05) is 17.6 Å². The molecule has 0 amide bonds. The van der Waals surface area contributed by atoms with E-state index < -0.39 is 0 Å². The highest BCUT2D eigenvalue weighted by Gasteiger charge is 2.24. The number of rotatable bonds is 7. The topological polar surface area (TPSA) is 61.2 Å². The number of thioether (sulfide) groups is 1. The molecule has 0 radical (unpaired) electrons. The summed E-state index contributed by atoms with van der Waals surface area (Å²) in [5, 5.41) is 1.02. The third-order valence-electron chi connectivity index (χ3n) is 5.27. The average molecular weight is 429 g/mol. The van der Waals surface area contributed by atoms with Crippen LogP contribution in [0.5, 0.6) is 0 Å². The molecular weight excluding hydrogens is 404 g/mol. The van der Waals surface area contributed by atoms with Crippen LogP contribution in [-0.2, 0) is 24.1 Å². The summed E-state index contributed by atoms with van der Waals surface area (Å²) in [6.07, 6.45) is 4.27. The van der Waals surface area contributed by atoms with Gasteiger partial charge in [-0.25, -0.2) is 4.98 Å². The number of fused-ring (bicyclic) bond motifs is 3. The molecule has 2 aromatic heterocycles. The molecule has 3 aromatic rings. The van der Waals surface area contributed by atoms with Crippen LogP contribution in [0.2, 0.25) is 0 Å². The van der Waals surface area contributed by atoms with Gasteiger partial charge >= 0.3 is 0 Å². The lowest BCUT2D eigenvalue weighted by atomic mass is 9.97. The molecule has 1 aliphatic carbocycles. The molecule has 0 spiro atoms. The fourth-order valence-corrected chi connectivity index (χ4v) is 6.05. The van der Waals surface area contributed by atoms with Gasteiger partial charge in [0.15, 0.2) is 10.9 Å². The molecule has 0 saturated heterocycles. The van der Waals surface area contributed by atoms with E-state index >= 15 is 0 Å². The molecule has 0 N–H and O–H groups in total. The molecule has 2 heterocycles. The van der Waals surface area contributed by atoms with Crippen molar-refractivity contribution in [2.75, 3.05) is 13.7 Å². The minimum absolute atomic E-state index is 0.00619. The lowest BCUT2D eigenvalue weighted by Crippen LogP contribution is -2.27. The Bertz CT molecular complexity index is 1090. The molecule has 5 nitrogen and oxygen atoms in total. The Labute approximate surface area is 178 Å². The van der Waals surface area contributed by atoms with E-state index in [1.165, 1.54) is 28.6 Å². The summed E-state index contributed by atoms with van der Waals surface area (Å²) in [6, 6.07) is 9.26. The maximum atomic E-state index is 13.4. The molecule has 29 heavy (non-hydrogen) atoms. The number of hydrogen-bond donors (Lipinski definition) is 0. The molecule has 1 atom stereocenters. The second-order valence-corrected chi connectivity index (χ2v) is 9.62. The molecule has 7 heteroatoms. The van der Waals surface area contributed by atoms with Crippen molar-refractivity contribution < 1.29 is 9.53 Å². The first kappa shape index (κ1) is 20.3. The summed E-state index contributed by atoms with van der Waals surface area (Å²) in [5.41, 5.74) is 1.85. The van der Waals surface area contributed by atoms with Gasteiger partial charge in [0.05, 0.1) is 23.8 Å². The van der Waals surface area contributed by atoms with Crippen molar-refractivity contribution in [3.63, 3.8) is 0 Å². The molecule has 0 aliphatic heterocycles. The average Bonchev–Trinajstić information content (AvgIpc) is 3.12. The number of Topliss-reactive ketones (excluding diaryl/α,β-unsaturated/α-hetero) is 1. The molecule has 0 saturated carbocycles. The highest BCUT2D eigenvalue weighted by atomic mass is 32.2. The van der Waals surface area contributed by atoms with E-state index in [-0.39, 0.29) is 16.6 Å². The van der Waals surface area contributed by atoms with Crippen LogP contribution < -0.4 is 5.56 Å². The van der Waals surface area contributed by atoms with Crippen LogP contribution in [-0.4, -0.2) is 34.3 Å². The van der Waals surface area contributed by atoms with Gasteiger partial charge in [0.25, 0.3) is 5.56 Å².